The number of aryl methyl sites for hydroxylation is 3. The number of nitrogens with zero attached hydrogens (tertiary/aromatic N) is 2. The number of hydrogen-bond donors (Lipinski definition) is 1. The SMILES string of the molecule is Cc1cccc(C)c1NC(=O)CN(C)C(=O)c1cc(C)n([C@H](C)c2ccccc2)c1C. The molecule has 0 aliphatic heterocycles. The molecule has 1 N–H and O–H groups in total. The summed E-state index contributed by atoms with van der Waals surface area (Å²) in [6.45, 7) is 10.0. The van der Waals surface area contributed by atoms with Crippen LogP contribution in [0.25, 0.3) is 0 Å². The maximum atomic E-state index is 13.1. The predicted molar refractivity (Wildman–Crippen MR) is 126 cm³/mol. The maximum absolute atomic E-state index is 13.1. The van der Waals surface area contributed by atoms with Crippen molar-refractivity contribution in [2.24, 2.45) is 0 Å². The third-order valence-corrected chi connectivity index (χ3v) is 5.86. The summed E-state index contributed by atoms with van der Waals surface area (Å²) in [5, 5.41) is 2.95. The lowest BCUT2D eigenvalue weighted by Crippen LogP contribution is -2.35. The van der Waals surface area contributed by atoms with Crippen molar-refractivity contribution in [2.45, 2.75) is 40.7 Å². The quantitative estimate of drug-likeness (QED) is 0.611. The fourth-order valence-electron chi connectivity index (χ4n) is 4.15. The van der Waals surface area contributed by atoms with Crippen molar-refractivity contribution in [3.63, 3.8) is 0 Å². The van der Waals surface area contributed by atoms with Crippen molar-refractivity contribution in [1.82, 2.24) is 9.47 Å². The van der Waals surface area contributed by atoms with Crippen LogP contribution in [0.2, 0.25) is 0 Å². The summed E-state index contributed by atoms with van der Waals surface area (Å²) >= 11 is 0. The highest BCUT2D eigenvalue weighted by Crippen LogP contribution is 2.26. The normalized spacial score (nSPS) is 11.8. The van der Waals surface area contributed by atoms with Gasteiger partial charge in [-0.25, -0.2) is 0 Å². The molecule has 5 heteroatoms. The molecule has 0 saturated carbocycles. The number of nitrogens with one attached hydrogen (secondary N) is 1. The lowest BCUT2D eigenvalue weighted by Gasteiger charge is -2.20. The van der Waals surface area contributed by atoms with Crippen molar-refractivity contribution in [1.29, 1.82) is 0 Å². The van der Waals surface area contributed by atoms with Crippen LogP contribution in [0.1, 0.15) is 51.4 Å². The zero-order valence-corrected chi connectivity index (χ0v) is 19.2. The Bertz CT molecular complexity index is 1080. The molecule has 0 fully saturated rings. The van der Waals surface area contributed by atoms with Crippen molar-refractivity contribution >= 4 is 17.5 Å². The molecule has 31 heavy (non-hydrogen) atoms. The lowest BCUT2D eigenvalue weighted by molar-refractivity contribution is -0.116. The molecule has 1 atom stereocenters. The van der Waals surface area contributed by atoms with Crippen LogP contribution in [0, 0.1) is 27.7 Å². The van der Waals surface area contributed by atoms with E-state index in [-0.39, 0.29) is 24.4 Å². The highest BCUT2D eigenvalue weighted by molar-refractivity contribution is 6.00. The number of aromatic nitrogens is 1. The van der Waals surface area contributed by atoms with E-state index >= 15 is 0 Å². The summed E-state index contributed by atoms with van der Waals surface area (Å²) in [5.41, 5.74) is 6.54. The average molecular weight is 418 g/mol. The van der Waals surface area contributed by atoms with Crippen LogP contribution in [0.4, 0.5) is 5.69 Å². The number of amides is 2. The van der Waals surface area contributed by atoms with E-state index in [0.29, 0.717) is 5.56 Å². The monoisotopic (exact) mass is 417 g/mol. The van der Waals surface area contributed by atoms with Crippen LogP contribution in [-0.2, 0) is 4.79 Å². The Labute approximate surface area is 184 Å². The molecule has 1 heterocycles. The van der Waals surface area contributed by atoms with Crippen molar-refractivity contribution in [3.05, 3.63) is 88.2 Å². The summed E-state index contributed by atoms with van der Waals surface area (Å²) in [6, 6.07) is 18.1. The first-order valence-electron chi connectivity index (χ1n) is 10.6. The van der Waals surface area contributed by atoms with E-state index in [1.807, 2.05) is 70.2 Å². The molecule has 3 aromatic rings. The molecule has 0 saturated heterocycles. The molecule has 0 aliphatic carbocycles. The van der Waals surface area contributed by atoms with Gasteiger partial charge in [0.1, 0.15) is 0 Å². The van der Waals surface area contributed by atoms with Gasteiger partial charge in [-0.15, -0.1) is 0 Å². The molecule has 0 radical (unpaired) electrons. The first-order valence-corrected chi connectivity index (χ1v) is 10.6. The molecule has 5 nitrogen and oxygen atoms in total. The number of carbonyl (C=O) groups excluding carboxylic acids is 2. The largest absolute Gasteiger partial charge is 0.341 e. The summed E-state index contributed by atoms with van der Waals surface area (Å²) in [7, 11) is 1.67. The van der Waals surface area contributed by atoms with E-state index in [1.165, 1.54) is 10.5 Å². The Kier molecular flexibility index (Phi) is 6.64. The van der Waals surface area contributed by atoms with E-state index < -0.39 is 0 Å². The molecule has 0 aliphatic rings. The van der Waals surface area contributed by atoms with Crippen molar-refractivity contribution < 1.29 is 9.59 Å². The van der Waals surface area contributed by atoms with Crippen molar-refractivity contribution in [3.8, 4) is 0 Å². The summed E-state index contributed by atoms with van der Waals surface area (Å²) in [5.74, 6) is -0.365. The Morgan fingerprint density at radius 3 is 2.19 bits per heavy atom. The van der Waals surface area contributed by atoms with E-state index in [0.717, 1.165) is 28.2 Å². The Morgan fingerprint density at radius 2 is 1.58 bits per heavy atom. The Morgan fingerprint density at radius 1 is 0.968 bits per heavy atom. The zero-order valence-electron chi connectivity index (χ0n) is 19.2. The van der Waals surface area contributed by atoms with E-state index in [2.05, 4.69) is 28.9 Å². The minimum Gasteiger partial charge on any atom is -0.341 e. The molecule has 1 aromatic heterocycles. The van der Waals surface area contributed by atoms with Crippen LogP contribution < -0.4 is 5.32 Å². The van der Waals surface area contributed by atoms with Gasteiger partial charge in [-0.2, -0.15) is 0 Å². The molecule has 0 spiro atoms. The Balaban J connectivity index is 1.76. The number of carbonyl (C=O) groups is 2. The first kappa shape index (κ1) is 22.3. The van der Waals surface area contributed by atoms with Crippen molar-refractivity contribution in [2.75, 3.05) is 18.9 Å². The fraction of sp³-hybridized carbons (Fsp3) is 0.308. The second-order valence-electron chi connectivity index (χ2n) is 8.22. The van der Waals surface area contributed by atoms with Gasteiger partial charge in [0.05, 0.1) is 18.2 Å². The highest BCUT2D eigenvalue weighted by Gasteiger charge is 2.23. The van der Waals surface area contributed by atoms with Gasteiger partial charge in [0.2, 0.25) is 5.91 Å². The smallest absolute Gasteiger partial charge is 0.255 e. The number of hydrogen-bond acceptors (Lipinski definition) is 2. The van der Waals surface area contributed by atoms with Gasteiger partial charge >= 0.3 is 0 Å². The minimum atomic E-state index is -0.209. The number of anilines is 1. The van der Waals surface area contributed by atoms with Gasteiger partial charge < -0.3 is 14.8 Å². The molecule has 3 rings (SSSR count). The standard InChI is InChI=1S/C26H31N3O2/c1-17-11-10-12-18(2)25(17)27-24(30)16-28(6)26(31)23-15-19(3)29(21(23)5)20(4)22-13-8-7-9-14-22/h7-15,20H,16H2,1-6H3,(H,27,30)/t20-/m1/s1. The predicted octanol–water partition coefficient (Wildman–Crippen LogP) is 5.04. The Hall–Kier alpha value is -3.34. The van der Waals surface area contributed by atoms with Gasteiger partial charge in [-0.3, -0.25) is 9.59 Å². The summed E-state index contributed by atoms with van der Waals surface area (Å²) in [6.07, 6.45) is 0. The molecule has 0 unspecified atom stereocenters. The molecule has 2 aromatic carbocycles. The number of benzene rings is 2. The second kappa shape index (κ2) is 9.21. The fourth-order valence-corrected chi connectivity index (χ4v) is 4.15. The van der Waals surface area contributed by atoms with E-state index in [9.17, 15) is 9.59 Å². The number of para-hydroxylation sites is 1. The van der Waals surface area contributed by atoms with Crippen LogP contribution in [-0.4, -0.2) is 34.9 Å². The van der Waals surface area contributed by atoms with Gasteiger partial charge in [0.15, 0.2) is 0 Å². The minimum absolute atomic E-state index is 0.00941. The molecule has 2 amide bonds. The van der Waals surface area contributed by atoms with Gasteiger partial charge in [-0.05, 0) is 57.4 Å². The lowest BCUT2D eigenvalue weighted by atomic mass is 10.1. The first-order chi connectivity index (χ1) is 14.7. The van der Waals surface area contributed by atoms with Gasteiger partial charge in [0, 0.05) is 24.1 Å². The third-order valence-electron chi connectivity index (χ3n) is 5.86. The van der Waals surface area contributed by atoms with E-state index in [4.69, 9.17) is 0 Å². The number of rotatable bonds is 6. The van der Waals surface area contributed by atoms with Crippen LogP contribution in [0.3, 0.4) is 0 Å². The molecule has 0 bridgehead atoms. The second-order valence-corrected chi connectivity index (χ2v) is 8.22. The summed E-state index contributed by atoms with van der Waals surface area (Å²) < 4.78 is 2.17. The number of likely N-dealkylation sites (N-methyl/N-ethyl adjacent to an activating group) is 1. The van der Waals surface area contributed by atoms with Gasteiger partial charge in [-0.1, -0.05) is 48.5 Å². The van der Waals surface area contributed by atoms with Crippen LogP contribution in [0.15, 0.2) is 54.6 Å². The third kappa shape index (κ3) is 4.71. The topological polar surface area (TPSA) is 54.3 Å². The molecular formula is C26H31N3O2. The van der Waals surface area contributed by atoms with Crippen LogP contribution >= 0.6 is 0 Å². The molecular weight excluding hydrogens is 386 g/mol. The van der Waals surface area contributed by atoms with Crippen LogP contribution in [0.5, 0.6) is 0 Å². The summed E-state index contributed by atoms with van der Waals surface area (Å²) in [4.78, 5) is 27.2. The van der Waals surface area contributed by atoms with E-state index in [1.54, 1.807) is 7.05 Å². The molecule has 162 valence electrons. The van der Waals surface area contributed by atoms with Gasteiger partial charge in [0.25, 0.3) is 5.91 Å². The average Bonchev–Trinajstić information content (AvgIpc) is 3.04. The maximum Gasteiger partial charge on any atom is 0.255 e. The zero-order chi connectivity index (χ0) is 22.7. The highest BCUT2D eigenvalue weighted by atomic mass is 16.2.